The van der Waals surface area contributed by atoms with Crippen molar-refractivity contribution in [3.63, 3.8) is 0 Å². The molecule has 1 aromatic rings. The van der Waals surface area contributed by atoms with Crippen molar-refractivity contribution in [3.05, 3.63) is 33.4 Å². The van der Waals surface area contributed by atoms with E-state index in [0.717, 1.165) is 12.8 Å². The third-order valence-electron chi connectivity index (χ3n) is 8.86. The molecule has 8 rings (SSSR count). The Hall–Kier alpha value is -2.83. The van der Waals surface area contributed by atoms with Crippen molar-refractivity contribution in [2.75, 3.05) is 0 Å². The quantitative estimate of drug-likeness (QED) is 0.380. The zero-order valence-corrected chi connectivity index (χ0v) is 20.9. The zero-order chi connectivity index (χ0) is 26.7. The molecule has 8 atom stereocenters. The van der Waals surface area contributed by atoms with Gasteiger partial charge in [-0.15, -0.1) is 0 Å². The molecule has 0 saturated carbocycles. The average molecular weight is 529 g/mol. The lowest BCUT2D eigenvalue weighted by Crippen LogP contribution is -2.67. The van der Waals surface area contributed by atoms with Crippen LogP contribution in [0, 0.1) is 0 Å². The van der Waals surface area contributed by atoms with E-state index in [1.54, 1.807) is 6.92 Å². The van der Waals surface area contributed by atoms with Crippen molar-refractivity contribution in [1.29, 1.82) is 0 Å². The number of aromatic hydroxyl groups is 2. The Kier molecular flexibility index (Phi) is 5.16. The number of esters is 1. The summed E-state index contributed by atoms with van der Waals surface area (Å²) in [5.41, 5.74) is -2.89. The topological polar surface area (TPSA) is 158 Å². The monoisotopic (exact) mass is 528 g/mol. The number of hydrogen-bond acceptors (Lipinski definition) is 11. The molecule has 1 aromatic carbocycles. The molecule has 4 unspecified atom stereocenters. The van der Waals surface area contributed by atoms with Gasteiger partial charge in [0.25, 0.3) is 0 Å². The highest BCUT2D eigenvalue weighted by molar-refractivity contribution is 6.30. The molecule has 0 spiro atoms. The Labute approximate surface area is 217 Å². The Bertz CT molecular complexity index is 1330. The standard InChI is InChI=1S/C27H28O11/c1-9-4-3-5-16(35-9)37-14-6-12-18-21(27(14,33)10(2)36-12)25(32)19-20(24(18)31)23(30)17-11(22(19)29)8-34-13-7-15(28)38-26(13)17/h9-10,12-14,16,26,29-30,33H,3-8H2,1-2H3/t9-,10?,12?,13-,14?,16-,26+,27?/m0/s1. The smallest absolute Gasteiger partial charge is 0.309 e. The molecule has 38 heavy (non-hydrogen) atoms. The zero-order valence-electron chi connectivity index (χ0n) is 20.9. The number of phenolic OH excluding ortho intramolecular Hbond substituents is 2. The minimum absolute atomic E-state index is 0.00977. The number of hydrogen-bond donors (Lipinski definition) is 3. The Balaban J connectivity index is 1.34. The largest absolute Gasteiger partial charge is 0.507 e. The second-order valence-electron chi connectivity index (χ2n) is 11.0. The van der Waals surface area contributed by atoms with Gasteiger partial charge in [-0.3, -0.25) is 14.4 Å². The number of rotatable bonds is 2. The van der Waals surface area contributed by atoms with Crippen LogP contribution in [0.2, 0.25) is 0 Å². The van der Waals surface area contributed by atoms with Crippen molar-refractivity contribution in [3.8, 4) is 11.5 Å². The number of ketones is 2. The van der Waals surface area contributed by atoms with Crippen LogP contribution in [0.15, 0.2) is 11.1 Å². The second-order valence-corrected chi connectivity index (χ2v) is 11.0. The summed E-state index contributed by atoms with van der Waals surface area (Å²) < 4.78 is 29.0. The molecule has 2 bridgehead atoms. The van der Waals surface area contributed by atoms with Gasteiger partial charge in [0.15, 0.2) is 24.0 Å². The molecule has 3 N–H and O–H groups in total. The van der Waals surface area contributed by atoms with Gasteiger partial charge in [-0.05, 0) is 33.1 Å². The summed E-state index contributed by atoms with van der Waals surface area (Å²) in [6.45, 7) is 3.36. The van der Waals surface area contributed by atoms with Gasteiger partial charge in [0.2, 0.25) is 0 Å². The van der Waals surface area contributed by atoms with Crippen LogP contribution < -0.4 is 0 Å². The summed E-state index contributed by atoms with van der Waals surface area (Å²) in [5.74, 6) is -3.13. The van der Waals surface area contributed by atoms with Crippen LogP contribution in [0.1, 0.15) is 83.9 Å². The molecule has 5 heterocycles. The SMILES string of the molecule is CC1OC2CC(O[C@H]3CCC[C@H](C)O3)C1(O)C1=C2C(=O)c2c(O)c3c(c(O)c2C1=O)CO[C@H]1CC(=O)O[C@@H]31. The molecular weight excluding hydrogens is 500 g/mol. The Morgan fingerprint density at radius 3 is 2.53 bits per heavy atom. The summed E-state index contributed by atoms with van der Waals surface area (Å²) in [6.07, 6.45) is -2.44. The number of fused-ring (bicyclic) bond motifs is 6. The van der Waals surface area contributed by atoms with Gasteiger partial charge in [-0.2, -0.15) is 0 Å². The first-order valence-corrected chi connectivity index (χ1v) is 13.1. The number of carbonyl (C=O) groups excluding carboxylic acids is 3. The van der Waals surface area contributed by atoms with E-state index in [4.69, 9.17) is 23.7 Å². The normalized spacial score (nSPS) is 39.4. The van der Waals surface area contributed by atoms with Crippen molar-refractivity contribution in [2.24, 2.45) is 0 Å². The summed E-state index contributed by atoms with van der Waals surface area (Å²) in [7, 11) is 0. The van der Waals surface area contributed by atoms with Gasteiger partial charge in [0, 0.05) is 28.7 Å². The van der Waals surface area contributed by atoms with Crippen LogP contribution in [0.5, 0.6) is 11.5 Å². The maximum Gasteiger partial charge on any atom is 0.309 e. The first kappa shape index (κ1) is 24.2. The fourth-order valence-corrected chi connectivity index (χ4v) is 7.01. The third kappa shape index (κ3) is 3.05. The number of aliphatic hydroxyl groups is 1. The Morgan fingerprint density at radius 1 is 1.00 bits per heavy atom. The Morgan fingerprint density at radius 2 is 1.76 bits per heavy atom. The van der Waals surface area contributed by atoms with E-state index >= 15 is 0 Å². The summed E-state index contributed by atoms with van der Waals surface area (Å²) in [5, 5.41) is 34.6. The first-order chi connectivity index (χ1) is 18.1. The number of carbonyl (C=O) groups is 3. The predicted octanol–water partition coefficient (Wildman–Crippen LogP) is 1.88. The molecular formula is C27H28O11. The van der Waals surface area contributed by atoms with Crippen LogP contribution in [-0.4, -0.2) is 75.3 Å². The molecule has 0 amide bonds. The van der Waals surface area contributed by atoms with Crippen LogP contribution in [-0.2, 0) is 35.1 Å². The summed E-state index contributed by atoms with van der Waals surface area (Å²) in [4.78, 5) is 39.9. The number of ether oxygens (including phenoxy) is 5. The van der Waals surface area contributed by atoms with Gasteiger partial charge < -0.3 is 39.0 Å². The van der Waals surface area contributed by atoms with Gasteiger partial charge in [0.1, 0.15) is 23.2 Å². The molecule has 202 valence electrons. The van der Waals surface area contributed by atoms with E-state index in [-0.39, 0.29) is 53.4 Å². The fraction of sp³-hybridized carbons (Fsp3) is 0.593. The van der Waals surface area contributed by atoms with E-state index < -0.39 is 77.0 Å². The highest BCUT2D eigenvalue weighted by Crippen LogP contribution is 2.56. The molecule has 0 aromatic heterocycles. The maximum atomic E-state index is 14.1. The third-order valence-corrected chi connectivity index (χ3v) is 8.86. The van der Waals surface area contributed by atoms with Crippen molar-refractivity contribution >= 4 is 17.5 Å². The molecule has 2 aliphatic carbocycles. The molecule has 0 radical (unpaired) electrons. The summed E-state index contributed by atoms with van der Waals surface area (Å²) >= 11 is 0. The number of Topliss-reactive ketones (excluding diaryl/α,β-unsaturated/α-hetero) is 2. The van der Waals surface area contributed by atoms with Gasteiger partial charge in [-0.25, -0.2) is 0 Å². The van der Waals surface area contributed by atoms with Crippen LogP contribution in [0.25, 0.3) is 0 Å². The lowest BCUT2D eigenvalue weighted by molar-refractivity contribution is -0.282. The number of phenols is 2. The molecule has 11 nitrogen and oxygen atoms in total. The van der Waals surface area contributed by atoms with E-state index in [1.165, 1.54) is 0 Å². The van der Waals surface area contributed by atoms with Crippen molar-refractivity contribution in [1.82, 2.24) is 0 Å². The van der Waals surface area contributed by atoms with Crippen molar-refractivity contribution in [2.45, 2.75) is 101 Å². The molecule has 3 fully saturated rings. The highest BCUT2D eigenvalue weighted by Gasteiger charge is 2.64. The van der Waals surface area contributed by atoms with Crippen LogP contribution in [0.4, 0.5) is 0 Å². The molecule has 11 heteroatoms. The van der Waals surface area contributed by atoms with Gasteiger partial charge in [-0.1, -0.05) is 0 Å². The van der Waals surface area contributed by atoms with Gasteiger partial charge in [0.05, 0.1) is 48.6 Å². The summed E-state index contributed by atoms with van der Waals surface area (Å²) in [6, 6.07) is 0. The fourth-order valence-electron chi connectivity index (χ4n) is 7.01. The lowest BCUT2D eigenvalue weighted by atomic mass is 9.63. The average Bonchev–Trinajstić information content (AvgIpc) is 3.25. The van der Waals surface area contributed by atoms with E-state index in [9.17, 15) is 29.7 Å². The van der Waals surface area contributed by atoms with Crippen LogP contribution in [0.3, 0.4) is 0 Å². The van der Waals surface area contributed by atoms with Crippen LogP contribution >= 0.6 is 0 Å². The predicted molar refractivity (Wildman–Crippen MR) is 124 cm³/mol. The second kappa shape index (κ2) is 8.09. The first-order valence-electron chi connectivity index (χ1n) is 13.1. The van der Waals surface area contributed by atoms with Gasteiger partial charge >= 0.3 is 5.97 Å². The minimum Gasteiger partial charge on any atom is -0.507 e. The highest BCUT2D eigenvalue weighted by atomic mass is 16.7. The molecule has 7 aliphatic rings. The maximum absolute atomic E-state index is 14.1. The molecule has 3 saturated heterocycles. The van der Waals surface area contributed by atoms with E-state index in [0.29, 0.717) is 6.42 Å². The van der Waals surface area contributed by atoms with E-state index in [2.05, 4.69) is 0 Å². The van der Waals surface area contributed by atoms with E-state index in [1.807, 2.05) is 6.92 Å². The van der Waals surface area contributed by atoms with Crippen molar-refractivity contribution < 1.29 is 53.4 Å². The lowest BCUT2D eigenvalue weighted by Gasteiger charge is -2.54. The minimum atomic E-state index is -1.99. The number of benzene rings is 1. The molecule has 5 aliphatic heterocycles.